The van der Waals surface area contributed by atoms with Gasteiger partial charge in [0.2, 0.25) is 5.91 Å². The summed E-state index contributed by atoms with van der Waals surface area (Å²) < 4.78 is 10.8. The minimum absolute atomic E-state index is 0.0682. The number of methoxy groups -OCH3 is 2. The zero-order valence-corrected chi connectivity index (χ0v) is 16.6. The van der Waals surface area contributed by atoms with Gasteiger partial charge >= 0.3 is 0 Å². The third kappa shape index (κ3) is 3.86. The van der Waals surface area contributed by atoms with E-state index in [0.29, 0.717) is 29.3 Å². The number of rotatable bonds is 7. The van der Waals surface area contributed by atoms with Crippen molar-refractivity contribution in [1.29, 1.82) is 0 Å². The lowest BCUT2D eigenvalue weighted by atomic mass is 9.95. The lowest BCUT2D eigenvalue weighted by molar-refractivity contribution is -0.117. The van der Waals surface area contributed by atoms with E-state index in [2.05, 4.69) is 15.5 Å². The van der Waals surface area contributed by atoms with Crippen molar-refractivity contribution in [1.82, 2.24) is 10.2 Å². The first-order valence-corrected chi connectivity index (χ1v) is 9.22. The number of benzene rings is 2. The van der Waals surface area contributed by atoms with Crippen LogP contribution in [0.1, 0.15) is 30.5 Å². The molecule has 3 aromatic rings. The van der Waals surface area contributed by atoms with Crippen molar-refractivity contribution in [2.45, 2.75) is 26.2 Å². The SMILES string of the molecule is CCC(C(=O)Nc1c(-c2cc(OC)ccc2OC)n[nH]c1C)c1ccccc1. The number of amides is 1. The Hall–Kier alpha value is -3.28. The predicted molar refractivity (Wildman–Crippen MR) is 110 cm³/mol. The number of aryl methyl sites for hydroxylation is 1. The Bertz CT molecular complexity index is 951. The molecule has 1 aromatic heterocycles. The second-order valence-corrected chi connectivity index (χ2v) is 6.50. The van der Waals surface area contributed by atoms with E-state index in [4.69, 9.17) is 9.47 Å². The fraction of sp³-hybridized carbons (Fsp3) is 0.273. The van der Waals surface area contributed by atoms with Gasteiger partial charge in [-0.1, -0.05) is 37.3 Å². The van der Waals surface area contributed by atoms with Crippen LogP contribution in [0.15, 0.2) is 48.5 Å². The Balaban J connectivity index is 1.97. The number of anilines is 1. The molecule has 0 saturated carbocycles. The van der Waals surface area contributed by atoms with Gasteiger partial charge in [-0.3, -0.25) is 9.89 Å². The summed E-state index contributed by atoms with van der Waals surface area (Å²) in [6.45, 7) is 3.88. The molecular formula is C22H25N3O3. The van der Waals surface area contributed by atoms with Crippen LogP contribution in [-0.4, -0.2) is 30.3 Å². The summed E-state index contributed by atoms with van der Waals surface area (Å²) in [7, 11) is 3.21. The van der Waals surface area contributed by atoms with Crippen molar-refractivity contribution in [3.05, 3.63) is 59.8 Å². The monoisotopic (exact) mass is 379 g/mol. The number of nitrogens with one attached hydrogen (secondary N) is 2. The molecule has 0 fully saturated rings. The number of H-pyrrole nitrogens is 1. The number of aromatic nitrogens is 2. The van der Waals surface area contributed by atoms with Gasteiger partial charge in [0.05, 0.1) is 31.5 Å². The highest BCUT2D eigenvalue weighted by molar-refractivity contribution is 5.99. The molecule has 0 spiro atoms. The summed E-state index contributed by atoms with van der Waals surface area (Å²) >= 11 is 0. The molecule has 1 atom stereocenters. The minimum atomic E-state index is -0.240. The van der Waals surface area contributed by atoms with Crippen LogP contribution in [0.5, 0.6) is 11.5 Å². The average molecular weight is 379 g/mol. The molecule has 0 bridgehead atoms. The molecule has 6 heteroatoms. The van der Waals surface area contributed by atoms with Gasteiger partial charge in [0, 0.05) is 5.56 Å². The topological polar surface area (TPSA) is 76.2 Å². The van der Waals surface area contributed by atoms with Gasteiger partial charge in [-0.05, 0) is 37.1 Å². The molecule has 0 saturated heterocycles. The Labute approximate surface area is 164 Å². The molecule has 1 heterocycles. The van der Waals surface area contributed by atoms with Gasteiger partial charge in [-0.25, -0.2) is 0 Å². The third-order valence-electron chi connectivity index (χ3n) is 4.78. The number of aromatic amines is 1. The minimum Gasteiger partial charge on any atom is -0.497 e. The lowest BCUT2D eigenvalue weighted by Crippen LogP contribution is -2.21. The summed E-state index contributed by atoms with van der Waals surface area (Å²) in [5.74, 6) is 1.03. The zero-order valence-electron chi connectivity index (χ0n) is 16.6. The van der Waals surface area contributed by atoms with Crippen molar-refractivity contribution in [2.75, 3.05) is 19.5 Å². The summed E-state index contributed by atoms with van der Waals surface area (Å²) in [4.78, 5) is 13.0. The fourth-order valence-electron chi connectivity index (χ4n) is 3.24. The molecule has 1 amide bonds. The van der Waals surface area contributed by atoms with E-state index in [-0.39, 0.29) is 11.8 Å². The standard InChI is InChI=1S/C22H25N3O3/c1-5-17(15-9-7-6-8-10-15)22(26)23-20-14(2)24-25-21(20)18-13-16(27-3)11-12-19(18)28-4/h6-13,17H,5H2,1-4H3,(H,23,26)(H,24,25). The molecule has 3 rings (SSSR count). The quantitative estimate of drug-likeness (QED) is 0.632. The van der Waals surface area contributed by atoms with Gasteiger partial charge in [0.1, 0.15) is 17.2 Å². The predicted octanol–water partition coefficient (Wildman–Crippen LogP) is 4.53. The van der Waals surface area contributed by atoms with Crippen LogP contribution in [0, 0.1) is 6.92 Å². The molecule has 1 unspecified atom stereocenters. The number of nitrogens with zero attached hydrogens (tertiary/aromatic N) is 1. The first-order valence-electron chi connectivity index (χ1n) is 9.22. The molecule has 2 N–H and O–H groups in total. The van der Waals surface area contributed by atoms with Gasteiger partial charge in [-0.15, -0.1) is 0 Å². The third-order valence-corrected chi connectivity index (χ3v) is 4.78. The Morgan fingerprint density at radius 3 is 2.54 bits per heavy atom. The number of ether oxygens (including phenoxy) is 2. The molecule has 0 radical (unpaired) electrons. The van der Waals surface area contributed by atoms with Gasteiger partial charge < -0.3 is 14.8 Å². The number of carbonyl (C=O) groups excluding carboxylic acids is 1. The van der Waals surface area contributed by atoms with Gasteiger partial charge in [0.25, 0.3) is 0 Å². The smallest absolute Gasteiger partial charge is 0.232 e. The molecule has 2 aromatic carbocycles. The Kier molecular flexibility index (Phi) is 5.99. The number of hydrogen-bond acceptors (Lipinski definition) is 4. The van der Waals surface area contributed by atoms with Crippen LogP contribution >= 0.6 is 0 Å². The molecule has 6 nitrogen and oxygen atoms in total. The normalized spacial score (nSPS) is 11.7. The van der Waals surface area contributed by atoms with Crippen LogP contribution < -0.4 is 14.8 Å². The molecule has 146 valence electrons. The van der Waals surface area contributed by atoms with Crippen LogP contribution in [0.25, 0.3) is 11.3 Å². The molecular weight excluding hydrogens is 354 g/mol. The summed E-state index contributed by atoms with van der Waals surface area (Å²) in [5, 5.41) is 10.4. The zero-order chi connectivity index (χ0) is 20.1. The average Bonchev–Trinajstić information content (AvgIpc) is 3.09. The maximum absolute atomic E-state index is 13.0. The van der Waals surface area contributed by atoms with Crippen molar-refractivity contribution in [2.24, 2.45) is 0 Å². The van der Waals surface area contributed by atoms with Crippen LogP contribution in [0.2, 0.25) is 0 Å². The number of carbonyl (C=O) groups is 1. The van der Waals surface area contributed by atoms with E-state index in [1.807, 2.05) is 62.4 Å². The van der Waals surface area contributed by atoms with Crippen LogP contribution in [0.4, 0.5) is 5.69 Å². The van der Waals surface area contributed by atoms with Crippen molar-refractivity contribution < 1.29 is 14.3 Å². The summed E-state index contributed by atoms with van der Waals surface area (Å²) in [6, 6.07) is 15.3. The number of hydrogen-bond donors (Lipinski definition) is 2. The Morgan fingerprint density at radius 1 is 1.14 bits per heavy atom. The highest BCUT2D eigenvalue weighted by Crippen LogP contribution is 2.38. The van der Waals surface area contributed by atoms with Crippen LogP contribution in [0.3, 0.4) is 0 Å². The molecule has 0 aliphatic carbocycles. The van der Waals surface area contributed by atoms with E-state index in [0.717, 1.165) is 16.8 Å². The first kappa shape index (κ1) is 19.5. The van der Waals surface area contributed by atoms with Gasteiger partial charge in [-0.2, -0.15) is 5.10 Å². The summed E-state index contributed by atoms with van der Waals surface area (Å²) in [6.07, 6.45) is 0.699. The largest absolute Gasteiger partial charge is 0.497 e. The second-order valence-electron chi connectivity index (χ2n) is 6.50. The van der Waals surface area contributed by atoms with E-state index < -0.39 is 0 Å². The maximum Gasteiger partial charge on any atom is 0.232 e. The highest BCUT2D eigenvalue weighted by atomic mass is 16.5. The molecule has 28 heavy (non-hydrogen) atoms. The maximum atomic E-state index is 13.0. The summed E-state index contributed by atoms with van der Waals surface area (Å²) in [5.41, 5.74) is 3.77. The van der Waals surface area contributed by atoms with E-state index in [1.54, 1.807) is 14.2 Å². The lowest BCUT2D eigenvalue weighted by Gasteiger charge is -2.16. The van der Waals surface area contributed by atoms with Crippen molar-refractivity contribution in [3.8, 4) is 22.8 Å². The van der Waals surface area contributed by atoms with Crippen molar-refractivity contribution >= 4 is 11.6 Å². The fourth-order valence-corrected chi connectivity index (χ4v) is 3.24. The van der Waals surface area contributed by atoms with Crippen LogP contribution in [-0.2, 0) is 4.79 Å². The van der Waals surface area contributed by atoms with Gasteiger partial charge in [0.15, 0.2) is 0 Å². The van der Waals surface area contributed by atoms with E-state index in [9.17, 15) is 4.79 Å². The second kappa shape index (κ2) is 8.61. The first-order chi connectivity index (χ1) is 13.6. The Morgan fingerprint density at radius 2 is 1.89 bits per heavy atom. The molecule has 0 aliphatic rings. The molecule has 0 aliphatic heterocycles. The van der Waals surface area contributed by atoms with Crippen molar-refractivity contribution in [3.63, 3.8) is 0 Å². The van der Waals surface area contributed by atoms with E-state index >= 15 is 0 Å². The highest BCUT2D eigenvalue weighted by Gasteiger charge is 2.23. The van der Waals surface area contributed by atoms with E-state index in [1.165, 1.54) is 0 Å².